The van der Waals surface area contributed by atoms with E-state index in [0.717, 1.165) is 22.6 Å². The zero-order valence-electron chi connectivity index (χ0n) is 11.0. The van der Waals surface area contributed by atoms with E-state index in [-0.39, 0.29) is 11.5 Å². The Labute approximate surface area is 103 Å². The molecule has 2 N–H and O–H groups in total. The zero-order valence-corrected chi connectivity index (χ0v) is 11.0. The van der Waals surface area contributed by atoms with E-state index < -0.39 is 0 Å². The lowest BCUT2D eigenvalue weighted by Crippen LogP contribution is -2.21. The van der Waals surface area contributed by atoms with E-state index in [1.807, 2.05) is 19.1 Å². The van der Waals surface area contributed by atoms with Crippen LogP contribution < -0.4 is 15.2 Å². The highest BCUT2D eigenvalue weighted by Gasteiger charge is 2.44. The molecule has 0 spiro atoms. The molecule has 0 aromatic heterocycles. The predicted molar refractivity (Wildman–Crippen MR) is 68.6 cm³/mol. The van der Waals surface area contributed by atoms with Gasteiger partial charge in [0.2, 0.25) is 0 Å². The molecule has 2 rings (SSSR count). The van der Waals surface area contributed by atoms with Gasteiger partial charge in [-0.15, -0.1) is 0 Å². The normalized spacial score (nSPS) is 18.6. The summed E-state index contributed by atoms with van der Waals surface area (Å²) in [5, 5.41) is 0. The Kier molecular flexibility index (Phi) is 3.04. The first-order valence-electron chi connectivity index (χ1n) is 6.00. The number of rotatable bonds is 4. The molecule has 3 nitrogen and oxygen atoms in total. The van der Waals surface area contributed by atoms with Gasteiger partial charge in [0, 0.05) is 17.2 Å². The van der Waals surface area contributed by atoms with Gasteiger partial charge in [-0.05, 0) is 31.2 Å². The number of methoxy groups -OCH3 is 2. The molecule has 1 aromatic carbocycles. The van der Waals surface area contributed by atoms with E-state index in [9.17, 15) is 0 Å². The van der Waals surface area contributed by atoms with Crippen LogP contribution in [0.1, 0.15) is 36.9 Å². The van der Waals surface area contributed by atoms with E-state index in [2.05, 4.69) is 6.92 Å². The summed E-state index contributed by atoms with van der Waals surface area (Å²) in [6, 6.07) is 4.04. The Morgan fingerprint density at radius 1 is 1.24 bits per heavy atom. The van der Waals surface area contributed by atoms with Crippen molar-refractivity contribution in [2.24, 2.45) is 11.1 Å². The summed E-state index contributed by atoms with van der Waals surface area (Å²) in [6.07, 6.45) is 2.39. The monoisotopic (exact) mass is 235 g/mol. The molecule has 0 heterocycles. The fourth-order valence-corrected chi connectivity index (χ4v) is 2.32. The smallest absolute Gasteiger partial charge is 0.130 e. The van der Waals surface area contributed by atoms with Crippen LogP contribution in [-0.2, 0) is 0 Å². The average Bonchev–Trinajstić information content (AvgIpc) is 3.07. The Balaban J connectivity index is 2.43. The Morgan fingerprint density at radius 3 is 2.35 bits per heavy atom. The van der Waals surface area contributed by atoms with Crippen molar-refractivity contribution < 1.29 is 9.47 Å². The first kappa shape index (κ1) is 12.2. The lowest BCUT2D eigenvalue weighted by Gasteiger charge is -2.23. The Morgan fingerprint density at radius 2 is 1.88 bits per heavy atom. The van der Waals surface area contributed by atoms with Gasteiger partial charge in [0.25, 0.3) is 0 Å². The summed E-state index contributed by atoms with van der Waals surface area (Å²) in [5.41, 5.74) is 8.70. The molecule has 0 aliphatic heterocycles. The maximum atomic E-state index is 6.35. The molecular formula is C14H21NO2. The highest BCUT2D eigenvalue weighted by atomic mass is 16.5. The second kappa shape index (κ2) is 4.22. The van der Waals surface area contributed by atoms with Gasteiger partial charge in [0.15, 0.2) is 0 Å². The van der Waals surface area contributed by atoms with Crippen molar-refractivity contribution in [3.63, 3.8) is 0 Å². The highest BCUT2D eigenvalue weighted by molar-refractivity contribution is 5.51. The number of nitrogens with two attached hydrogens (primary N) is 1. The predicted octanol–water partition coefficient (Wildman–Crippen LogP) is 2.81. The molecule has 1 aliphatic rings. The first-order valence-corrected chi connectivity index (χ1v) is 6.00. The largest absolute Gasteiger partial charge is 0.496 e. The average molecular weight is 235 g/mol. The van der Waals surface area contributed by atoms with Crippen LogP contribution in [0.2, 0.25) is 0 Å². The molecule has 17 heavy (non-hydrogen) atoms. The van der Waals surface area contributed by atoms with E-state index in [0.29, 0.717) is 0 Å². The minimum absolute atomic E-state index is 0.0436. The second-order valence-electron chi connectivity index (χ2n) is 5.15. The molecule has 1 unspecified atom stereocenters. The van der Waals surface area contributed by atoms with Crippen molar-refractivity contribution in [1.29, 1.82) is 0 Å². The molecule has 1 atom stereocenters. The fraction of sp³-hybridized carbons (Fsp3) is 0.571. The van der Waals surface area contributed by atoms with Crippen LogP contribution in [0.5, 0.6) is 11.5 Å². The zero-order chi connectivity index (χ0) is 12.6. The third-order valence-electron chi connectivity index (χ3n) is 3.94. The molecule has 94 valence electrons. The van der Waals surface area contributed by atoms with Gasteiger partial charge in [0.1, 0.15) is 11.5 Å². The van der Waals surface area contributed by atoms with Crippen LogP contribution >= 0.6 is 0 Å². The second-order valence-corrected chi connectivity index (χ2v) is 5.15. The van der Waals surface area contributed by atoms with Crippen LogP contribution in [0, 0.1) is 12.3 Å². The number of hydrogen-bond donors (Lipinski definition) is 1. The van der Waals surface area contributed by atoms with Crippen molar-refractivity contribution in [3.05, 3.63) is 23.3 Å². The summed E-state index contributed by atoms with van der Waals surface area (Å²) >= 11 is 0. The SMILES string of the molecule is COc1ccc(C(N)C2(C)CC2)c(OC)c1C. The molecule has 0 saturated heterocycles. The topological polar surface area (TPSA) is 44.5 Å². The maximum absolute atomic E-state index is 6.35. The number of benzene rings is 1. The van der Waals surface area contributed by atoms with Crippen molar-refractivity contribution >= 4 is 0 Å². The molecule has 1 aliphatic carbocycles. The third kappa shape index (κ3) is 2.00. The molecule has 0 amide bonds. The van der Waals surface area contributed by atoms with Crippen molar-refractivity contribution in [2.45, 2.75) is 32.7 Å². The minimum Gasteiger partial charge on any atom is -0.496 e. The van der Waals surface area contributed by atoms with Gasteiger partial charge in [-0.2, -0.15) is 0 Å². The third-order valence-corrected chi connectivity index (χ3v) is 3.94. The van der Waals surface area contributed by atoms with Gasteiger partial charge in [0.05, 0.1) is 14.2 Å². The van der Waals surface area contributed by atoms with Gasteiger partial charge in [-0.3, -0.25) is 0 Å². The van der Waals surface area contributed by atoms with Gasteiger partial charge in [-0.1, -0.05) is 13.0 Å². The molecule has 3 heteroatoms. The molecular weight excluding hydrogens is 214 g/mol. The summed E-state index contributed by atoms with van der Waals surface area (Å²) in [7, 11) is 3.36. The lowest BCUT2D eigenvalue weighted by atomic mass is 9.90. The first-order chi connectivity index (χ1) is 8.03. The molecule has 1 fully saturated rings. The maximum Gasteiger partial charge on any atom is 0.130 e. The minimum atomic E-state index is 0.0436. The van der Waals surface area contributed by atoms with Crippen molar-refractivity contribution in [1.82, 2.24) is 0 Å². The van der Waals surface area contributed by atoms with Crippen LogP contribution in [0.4, 0.5) is 0 Å². The summed E-state index contributed by atoms with van der Waals surface area (Å²) in [5.74, 6) is 1.71. The van der Waals surface area contributed by atoms with E-state index in [1.54, 1.807) is 14.2 Å². The van der Waals surface area contributed by atoms with Gasteiger partial charge >= 0.3 is 0 Å². The van der Waals surface area contributed by atoms with Crippen molar-refractivity contribution in [2.75, 3.05) is 14.2 Å². The Bertz CT molecular complexity index is 424. The van der Waals surface area contributed by atoms with Crippen LogP contribution in [0.25, 0.3) is 0 Å². The quantitative estimate of drug-likeness (QED) is 0.872. The molecule has 0 radical (unpaired) electrons. The lowest BCUT2D eigenvalue weighted by molar-refractivity contribution is 0.370. The van der Waals surface area contributed by atoms with E-state index in [4.69, 9.17) is 15.2 Å². The van der Waals surface area contributed by atoms with Crippen molar-refractivity contribution in [3.8, 4) is 11.5 Å². The molecule has 1 saturated carbocycles. The summed E-state index contributed by atoms with van der Waals surface area (Å²) in [6.45, 7) is 4.24. The van der Waals surface area contributed by atoms with Crippen LogP contribution in [-0.4, -0.2) is 14.2 Å². The number of hydrogen-bond acceptors (Lipinski definition) is 3. The van der Waals surface area contributed by atoms with E-state index >= 15 is 0 Å². The molecule has 0 bridgehead atoms. The highest BCUT2D eigenvalue weighted by Crippen LogP contribution is 2.55. The van der Waals surface area contributed by atoms with E-state index in [1.165, 1.54) is 12.8 Å². The summed E-state index contributed by atoms with van der Waals surface area (Å²) in [4.78, 5) is 0. The number of ether oxygens (including phenoxy) is 2. The standard InChI is InChI=1S/C14H21NO2/c1-9-11(16-3)6-5-10(12(9)17-4)13(15)14(2)7-8-14/h5-6,13H,7-8,15H2,1-4H3. The van der Waals surface area contributed by atoms with Crippen LogP contribution in [0.15, 0.2) is 12.1 Å². The van der Waals surface area contributed by atoms with Crippen LogP contribution in [0.3, 0.4) is 0 Å². The summed E-state index contributed by atoms with van der Waals surface area (Å²) < 4.78 is 10.8. The Hall–Kier alpha value is -1.22. The van der Waals surface area contributed by atoms with Gasteiger partial charge in [-0.25, -0.2) is 0 Å². The fourth-order valence-electron chi connectivity index (χ4n) is 2.32. The molecule has 1 aromatic rings. The van der Waals surface area contributed by atoms with Gasteiger partial charge < -0.3 is 15.2 Å².